The van der Waals surface area contributed by atoms with Crippen molar-refractivity contribution in [1.29, 1.82) is 0 Å². The predicted molar refractivity (Wildman–Crippen MR) is 224 cm³/mol. The van der Waals surface area contributed by atoms with E-state index in [2.05, 4.69) is 0 Å². The first-order chi connectivity index (χ1) is 28.7. The van der Waals surface area contributed by atoms with Crippen molar-refractivity contribution in [3.05, 3.63) is 180 Å². The van der Waals surface area contributed by atoms with Crippen molar-refractivity contribution in [2.24, 2.45) is 0 Å². The van der Waals surface area contributed by atoms with Gasteiger partial charge in [-0.3, -0.25) is 0 Å². The minimum atomic E-state index is -5.08. The van der Waals surface area contributed by atoms with Gasteiger partial charge >= 0.3 is 51.4 Å². The molecule has 0 N–H and O–H groups in total. The molecule has 15 heteroatoms. The van der Waals surface area contributed by atoms with E-state index in [0.29, 0.717) is 11.5 Å². The number of sulfone groups is 2. The summed E-state index contributed by atoms with van der Waals surface area (Å²) in [5, 5.41) is 0. The molecule has 0 fully saturated rings. The molecule has 0 saturated carbocycles. The van der Waals surface area contributed by atoms with E-state index < -0.39 is 34.7 Å². The van der Waals surface area contributed by atoms with Crippen molar-refractivity contribution in [2.45, 2.75) is 31.4 Å². The van der Waals surface area contributed by atoms with Gasteiger partial charge in [-0.1, -0.05) is 54.1 Å². The molecule has 0 heterocycles. The molecule has 0 aliphatic carbocycles. The summed E-state index contributed by atoms with van der Waals surface area (Å²) in [5.74, 6) is 1.69. The fourth-order valence-corrected chi connectivity index (χ4v) is 8.97. The molecular formula is C46H35KO11S3. The van der Waals surface area contributed by atoms with Gasteiger partial charge in [0.2, 0.25) is 19.7 Å². The Morgan fingerprint density at radius 2 is 0.754 bits per heavy atom. The minimum Gasteiger partial charge on any atom is -0.744 e. The Balaban J connectivity index is 0.00000622. The van der Waals surface area contributed by atoms with Crippen LogP contribution in [0, 0.1) is 6.92 Å². The first kappa shape index (κ1) is 45.5. The first-order valence-electron chi connectivity index (χ1n) is 18.1. The number of aryl methyl sites for hydroxylation is 1. The zero-order chi connectivity index (χ0) is 42.5. The average Bonchev–Trinajstić information content (AvgIpc) is 3.24. The SMILES string of the molecule is COc1ccc(/C=C/c2ccc(Oc3ccc(S(=O)(=O)c4ccc(Oc5ccc(Oc6ccc(S(=O)(=O)c7ccc(C)cc7)cc6)c(S(=O)(=O)[O-])c5)cc4)cc3)cc2)cc1.[K+]. The quantitative estimate of drug-likeness (QED) is 0.0621. The van der Waals surface area contributed by atoms with E-state index in [1.807, 2.05) is 67.6 Å². The zero-order valence-corrected chi connectivity index (χ0v) is 38.5. The average molecular weight is 899 g/mol. The van der Waals surface area contributed by atoms with E-state index in [-0.39, 0.29) is 94.0 Å². The normalized spacial score (nSPS) is 11.7. The number of hydrogen-bond donors (Lipinski definition) is 0. The summed E-state index contributed by atoms with van der Waals surface area (Å²) in [6.45, 7) is 1.84. The maximum absolute atomic E-state index is 13.5. The van der Waals surface area contributed by atoms with Crippen LogP contribution < -0.4 is 70.3 Å². The summed E-state index contributed by atoms with van der Waals surface area (Å²) in [6.07, 6.45) is 3.96. The first-order valence-corrected chi connectivity index (χ1v) is 22.5. The third-order valence-corrected chi connectivity index (χ3v) is 13.5. The van der Waals surface area contributed by atoms with Crippen LogP contribution in [0.2, 0.25) is 0 Å². The van der Waals surface area contributed by atoms with E-state index in [9.17, 15) is 29.8 Å². The maximum atomic E-state index is 13.5. The molecule has 7 aromatic carbocycles. The number of methoxy groups -OCH3 is 1. The molecule has 0 unspecified atom stereocenters. The molecule has 0 atom stereocenters. The van der Waals surface area contributed by atoms with Gasteiger partial charge in [0.05, 0.1) is 26.7 Å². The smallest absolute Gasteiger partial charge is 0.744 e. The molecule has 0 amide bonds. The van der Waals surface area contributed by atoms with Crippen molar-refractivity contribution in [2.75, 3.05) is 7.11 Å². The van der Waals surface area contributed by atoms with Gasteiger partial charge in [-0.25, -0.2) is 25.3 Å². The van der Waals surface area contributed by atoms with Gasteiger partial charge in [-0.05, 0) is 139 Å². The summed E-state index contributed by atoms with van der Waals surface area (Å²) in [7, 11) is -11.2. The molecule has 0 radical (unpaired) electrons. The Bertz CT molecular complexity index is 2990. The zero-order valence-electron chi connectivity index (χ0n) is 33.0. The Labute approximate surface area is 397 Å². The molecule has 11 nitrogen and oxygen atoms in total. The predicted octanol–water partition coefficient (Wildman–Crippen LogP) is 7.12. The monoisotopic (exact) mass is 898 g/mol. The Hall–Kier alpha value is -5.07. The fourth-order valence-electron chi connectivity index (χ4n) is 5.84. The van der Waals surface area contributed by atoms with E-state index in [1.54, 1.807) is 31.4 Å². The van der Waals surface area contributed by atoms with Crippen LogP contribution in [0.4, 0.5) is 0 Å². The molecule has 7 rings (SSSR count). The van der Waals surface area contributed by atoms with Gasteiger partial charge in [0, 0.05) is 6.07 Å². The Kier molecular flexibility index (Phi) is 14.4. The fraction of sp³-hybridized carbons (Fsp3) is 0.0435. The molecule has 0 aliphatic rings. The number of hydrogen-bond acceptors (Lipinski definition) is 11. The minimum absolute atomic E-state index is 0. The second-order valence-corrected chi connectivity index (χ2v) is 18.5. The molecule has 0 bridgehead atoms. The van der Waals surface area contributed by atoms with Crippen LogP contribution >= 0.6 is 0 Å². The maximum Gasteiger partial charge on any atom is 1.00 e. The van der Waals surface area contributed by atoms with E-state index in [0.717, 1.165) is 28.5 Å². The second-order valence-electron chi connectivity index (χ2n) is 13.3. The summed E-state index contributed by atoms with van der Waals surface area (Å²) in [5.41, 5.74) is 2.90. The molecule has 7 aromatic rings. The molecule has 0 saturated heterocycles. The van der Waals surface area contributed by atoms with Crippen LogP contribution in [-0.2, 0) is 29.8 Å². The van der Waals surface area contributed by atoms with Crippen molar-refractivity contribution >= 4 is 41.9 Å². The molecule has 0 spiro atoms. The van der Waals surface area contributed by atoms with Crippen molar-refractivity contribution in [1.82, 2.24) is 0 Å². The number of ether oxygens (including phenoxy) is 4. The summed E-state index contributed by atoms with van der Waals surface area (Å²) < 4.78 is 112. The largest absolute Gasteiger partial charge is 1.00 e. The third kappa shape index (κ3) is 11.3. The van der Waals surface area contributed by atoms with Crippen LogP contribution in [0.5, 0.6) is 40.2 Å². The van der Waals surface area contributed by atoms with Crippen molar-refractivity contribution in [3.63, 3.8) is 0 Å². The number of benzene rings is 7. The van der Waals surface area contributed by atoms with E-state index >= 15 is 0 Å². The van der Waals surface area contributed by atoms with Gasteiger partial charge in [-0.15, -0.1) is 0 Å². The van der Waals surface area contributed by atoms with Gasteiger partial charge in [0.15, 0.2) is 0 Å². The van der Waals surface area contributed by atoms with E-state index in [4.69, 9.17) is 18.9 Å². The van der Waals surface area contributed by atoms with Gasteiger partial charge in [0.25, 0.3) is 0 Å². The summed E-state index contributed by atoms with van der Waals surface area (Å²) in [4.78, 5) is -0.608. The van der Waals surface area contributed by atoms with Crippen LogP contribution in [-0.4, -0.2) is 36.9 Å². The molecule has 0 aromatic heterocycles. The second kappa shape index (κ2) is 19.3. The van der Waals surface area contributed by atoms with E-state index in [1.165, 1.54) is 84.9 Å². The summed E-state index contributed by atoms with van der Waals surface area (Å²) >= 11 is 0. The molecule has 61 heavy (non-hydrogen) atoms. The van der Waals surface area contributed by atoms with Crippen LogP contribution in [0.3, 0.4) is 0 Å². The van der Waals surface area contributed by atoms with Gasteiger partial charge in [0.1, 0.15) is 55.3 Å². The summed E-state index contributed by atoms with van der Waals surface area (Å²) in [6, 6.07) is 41.9. The molecule has 304 valence electrons. The van der Waals surface area contributed by atoms with Crippen LogP contribution in [0.1, 0.15) is 16.7 Å². The van der Waals surface area contributed by atoms with Crippen molar-refractivity contribution < 1.29 is 100 Å². The Morgan fingerprint density at radius 1 is 0.426 bits per heavy atom. The van der Waals surface area contributed by atoms with Crippen LogP contribution in [0.25, 0.3) is 12.2 Å². The molecular weight excluding hydrogens is 864 g/mol. The topological polar surface area (TPSA) is 162 Å². The third-order valence-electron chi connectivity index (χ3n) is 9.08. The Morgan fingerprint density at radius 3 is 1.15 bits per heavy atom. The van der Waals surface area contributed by atoms with Gasteiger partial charge < -0.3 is 23.5 Å². The standard InChI is InChI=1S/C46H36O11S3.K/c1-32-3-22-41(23-4-32)58(47,48)44-28-19-39(20-29-44)57-45-30-21-40(31-46(45)60(51,52)53)56-38-17-26-43(27-18-38)59(49,50)42-24-15-37(16-25-42)55-36-13-9-34(10-14-36)6-5-33-7-11-35(54-2)12-8-33;/h3-31H,1-2H3,(H,51,52,53);/q;+1/p-1/b6-5+;. The number of rotatable bonds is 14. The van der Waals surface area contributed by atoms with Gasteiger partial charge in [-0.2, -0.15) is 0 Å². The van der Waals surface area contributed by atoms with Crippen molar-refractivity contribution in [3.8, 4) is 40.2 Å². The van der Waals surface area contributed by atoms with Crippen LogP contribution in [0.15, 0.2) is 188 Å². The molecule has 0 aliphatic heterocycles.